The molecule has 0 aromatic heterocycles. The average molecular weight is 377 g/mol. The van der Waals surface area contributed by atoms with Gasteiger partial charge in [0.05, 0.1) is 11.8 Å². The summed E-state index contributed by atoms with van der Waals surface area (Å²) in [6, 6.07) is 12.7. The van der Waals surface area contributed by atoms with Crippen LogP contribution in [0.1, 0.15) is 17.5 Å². The summed E-state index contributed by atoms with van der Waals surface area (Å²) in [5.74, 6) is -0.866. The predicted octanol–water partition coefficient (Wildman–Crippen LogP) is 4.19. The Labute approximate surface area is 156 Å². The molecule has 2 N–H and O–H groups in total. The molecule has 1 aliphatic carbocycles. The van der Waals surface area contributed by atoms with Crippen LogP contribution < -0.4 is 10.6 Å². The molecule has 1 aliphatic rings. The fourth-order valence-corrected chi connectivity index (χ4v) is 3.28. The Morgan fingerprint density at radius 3 is 2.36 bits per heavy atom. The van der Waals surface area contributed by atoms with Gasteiger partial charge in [0, 0.05) is 22.3 Å². The first-order valence-corrected chi connectivity index (χ1v) is 8.79. The Hall–Kier alpha value is -2.04. The largest absolute Gasteiger partial charge is 0.352 e. The van der Waals surface area contributed by atoms with Crippen LogP contribution >= 0.6 is 23.2 Å². The van der Waals surface area contributed by atoms with E-state index < -0.39 is 0 Å². The number of carbonyl (C=O) groups is 2. The van der Waals surface area contributed by atoms with Gasteiger partial charge in [-0.3, -0.25) is 9.59 Å². The minimum atomic E-state index is -0.311. The SMILES string of the molecule is Cc1ccccc1CNC(=O)C1CC1C(=O)Nc1cc(Cl)cc(Cl)c1. The summed E-state index contributed by atoms with van der Waals surface area (Å²) in [5, 5.41) is 6.57. The van der Waals surface area contributed by atoms with Crippen LogP contribution in [0.4, 0.5) is 5.69 Å². The van der Waals surface area contributed by atoms with Crippen molar-refractivity contribution >= 4 is 40.7 Å². The second-order valence-electron chi connectivity index (χ2n) is 6.24. The maximum absolute atomic E-state index is 12.3. The summed E-state index contributed by atoms with van der Waals surface area (Å²) in [5.41, 5.74) is 2.74. The van der Waals surface area contributed by atoms with Gasteiger partial charge < -0.3 is 10.6 Å². The molecule has 2 atom stereocenters. The van der Waals surface area contributed by atoms with E-state index in [1.54, 1.807) is 18.2 Å². The van der Waals surface area contributed by atoms with Crippen molar-refractivity contribution in [2.24, 2.45) is 11.8 Å². The molecular formula is C19H18Cl2N2O2. The van der Waals surface area contributed by atoms with Crippen LogP contribution in [0.5, 0.6) is 0 Å². The third-order valence-corrected chi connectivity index (χ3v) is 4.74. The van der Waals surface area contributed by atoms with Crippen LogP contribution in [0.25, 0.3) is 0 Å². The first-order valence-electron chi connectivity index (χ1n) is 8.03. The Kier molecular flexibility index (Phi) is 5.30. The normalized spacial score (nSPS) is 18.5. The molecule has 2 amide bonds. The number of carbonyl (C=O) groups excluding carboxylic acids is 2. The minimum Gasteiger partial charge on any atom is -0.352 e. The zero-order valence-corrected chi connectivity index (χ0v) is 15.2. The van der Waals surface area contributed by atoms with Gasteiger partial charge in [-0.2, -0.15) is 0 Å². The first kappa shape index (κ1) is 17.8. The molecule has 0 aliphatic heterocycles. The number of rotatable bonds is 5. The molecule has 2 aromatic carbocycles. The number of hydrogen-bond acceptors (Lipinski definition) is 2. The van der Waals surface area contributed by atoms with Gasteiger partial charge in [-0.15, -0.1) is 0 Å². The molecule has 0 saturated heterocycles. The maximum atomic E-state index is 12.3. The molecular weight excluding hydrogens is 359 g/mol. The Balaban J connectivity index is 1.52. The van der Waals surface area contributed by atoms with E-state index in [1.165, 1.54) is 0 Å². The van der Waals surface area contributed by atoms with E-state index in [9.17, 15) is 9.59 Å². The van der Waals surface area contributed by atoms with Crippen molar-refractivity contribution in [1.82, 2.24) is 5.32 Å². The summed E-state index contributed by atoms with van der Waals surface area (Å²) < 4.78 is 0. The number of halogens is 2. The molecule has 2 unspecified atom stereocenters. The number of nitrogens with one attached hydrogen (secondary N) is 2. The minimum absolute atomic E-state index is 0.0903. The summed E-state index contributed by atoms with van der Waals surface area (Å²) >= 11 is 11.8. The zero-order chi connectivity index (χ0) is 18.0. The average Bonchev–Trinajstić information content (AvgIpc) is 3.33. The van der Waals surface area contributed by atoms with Gasteiger partial charge >= 0.3 is 0 Å². The lowest BCUT2D eigenvalue weighted by atomic mass is 10.1. The molecule has 0 heterocycles. The third-order valence-electron chi connectivity index (χ3n) is 4.31. The highest BCUT2D eigenvalue weighted by Crippen LogP contribution is 2.39. The summed E-state index contributed by atoms with van der Waals surface area (Å²) in [7, 11) is 0. The molecule has 1 fully saturated rings. The smallest absolute Gasteiger partial charge is 0.228 e. The zero-order valence-electron chi connectivity index (χ0n) is 13.7. The third kappa shape index (κ3) is 4.53. The molecule has 6 heteroatoms. The first-order chi connectivity index (χ1) is 11.9. The number of amides is 2. The van der Waals surface area contributed by atoms with E-state index in [-0.39, 0.29) is 23.7 Å². The van der Waals surface area contributed by atoms with E-state index in [0.717, 1.165) is 11.1 Å². The Morgan fingerprint density at radius 2 is 1.68 bits per heavy atom. The fourth-order valence-electron chi connectivity index (χ4n) is 2.76. The van der Waals surface area contributed by atoms with Gasteiger partial charge in [0.25, 0.3) is 0 Å². The summed E-state index contributed by atoms with van der Waals surface area (Å²) in [6.07, 6.45) is 0.555. The maximum Gasteiger partial charge on any atom is 0.228 e. The van der Waals surface area contributed by atoms with Gasteiger partial charge in [0.1, 0.15) is 0 Å². The number of hydrogen-bond donors (Lipinski definition) is 2. The fraction of sp³-hybridized carbons (Fsp3) is 0.263. The highest BCUT2D eigenvalue weighted by Gasteiger charge is 2.47. The van der Waals surface area contributed by atoms with Crippen LogP contribution in [-0.2, 0) is 16.1 Å². The highest BCUT2D eigenvalue weighted by atomic mass is 35.5. The van der Waals surface area contributed by atoms with E-state index in [0.29, 0.717) is 28.7 Å². The lowest BCUT2D eigenvalue weighted by molar-refractivity contribution is -0.125. The van der Waals surface area contributed by atoms with Crippen LogP contribution in [-0.4, -0.2) is 11.8 Å². The molecule has 3 rings (SSSR count). The van der Waals surface area contributed by atoms with E-state index in [4.69, 9.17) is 23.2 Å². The van der Waals surface area contributed by atoms with Crippen LogP contribution in [0.15, 0.2) is 42.5 Å². The van der Waals surface area contributed by atoms with Gasteiger partial charge in [-0.1, -0.05) is 47.5 Å². The molecule has 1 saturated carbocycles. The van der Waals surface area contributed by atoms with Crippen LogP contribution in [0.2, 0.25) is 10.0 Å². The Morgan fingerprint density at radius 1 is 1.04 bits per heavy atom. The van der Waals surface area contributed by atoms with Crippen molar-refractivity contribution in [3.8, 4) is 0 Å². The van der Waals surface area contributed by atoms with E-state index in [2.05, 4.69) is 10.6 Å². The highest BCUT2D eigenvalue weighted by molar-refractivity contribution is 6.35. The lowest BCUT2D eigenvalue weighted by Gasteiger charge is -2.08. The van der Waals surface area contributed by atoms with Gasteiger partial charge in [0.15, 0.2) is 0 Å². The van der Waals surface area contributed by atoms with Crippen LogP contribution in [0.3, 0.4) is 0 Å². The summed E-state index contributed by atoms with van der Waals surface area (Å²) in [6.45, 7) is 2.48. The monoisotopic (exact) mass is 376 g/mol. The molecule has 0 radical (unpaired) electrons. The molecule has 130 valence electrons. The topological polar surface area (TPSA) is 58.2 Å². The number of aryl methyl sites for hydroxylation is 1. The molecule has 4 nitrogen and oxygen atoms in total. The molecule has 0 spiro atoms. The second-order valence-corrected chi connectivity index (χ2v) is 7.11. The lowest BCUT2D eigenvalue weighted by Crippen LogP contribution is -2.27. The van der Waals surface area contributed by atoms with Crippen molar-refractivity contribution < 1.29 is 9.59 Å². The van der Waals surface area contributed by atoms with Crippen molar-refractivity contribution in [2.45, 2.75) is 19.9 Å². The van der Waals surface area contributed by atoms with E-state index >= 15 is 0 Å². The van der Waals surface area contributed by atoms with Crippen molar-refractivity contribution in [1.29, 1.82) is 0 Å². The summed E-state index contributed by atoms with van der Waals surface area (Å²) in [4.78, 5) is 24.5. The van der Waals surface area contributed by atoms with Gasteiger partial charge in [0.2, 0.25) is 11.8 Å². The molecule has 2 aromatic rings. The quantitative estimate of drug-likeness (QED) is 0.821. The standard InChI is InChI=1S/C19H18Cl2N2O2/c1-11-4-2-3-5-12(11)10-22-18(24)16-9-17(16)19(25)23-15-7-13(20)6-14(21)8-15/h2-8,16-17H,9-10H2,1H3,(H,22,24)(H,23,25). The van der Waals surface area contributed by atoms with Crippen molar-refractivity contribution in [2.75, 3.05) is 5.32 Å². The van der Waals surface area contributed by atoms with Gasteiger partial charge in [-0.05, 0) is 42.7 Å². The predicted molar refractivity (Wildman–Crippen MR) is 99.7 cm³/mol. The Bertz CT molecular complexity index is 803. The van der Waals surface area contributed by atoms with Gasteiger partial charge in [-0.25, -0.2) is 0 Å². The van der Waals surface area contributed by atoms with Crippen molar-refractivity contribution in [3.05, 3.63) is 63.6 Å². The van der Waals surface area contributed by atoms with Crippen LogP contribution in [0, 0.1) is 18.8 Å². The van der Waals surface area contributed by atoms with E-state index in [1.807, 2.05) is 31.2 Å². The van der Waals surface area contributed by atoms with Crippen molar-refractivity contribution in [3.63, 3.8) is 0 Å². The molecule has 0 bridgehead atoms. The number of benzene rings is 2. The second kappa shape index (κ2) is 7.46. The number of anilines is 1. The molecule has 25 heavy (non-hydrogen) atoms.